The van der Waals surface area contributed by atoms with Crippen LogP contribution in [0.25, 0.3) is 11.0 Å². The van der Waals surface area contributed by atoms with Crippen LogP contribution in [0.4, 0.5) is 5.95 Å². The van der Waals surface area contributed by atoms with Crippen molar-refractivity contribution in [3.63, 3.8) is 0 Å². The molecule has 4 aromatic rings. The molecule has 0 bridgehead atoms. The number of amides is 1. The van der Waals surface area contributed by atoms with E-state index in [0.717, 1.165) is 23.0 Å². The van der Waals surface area contributed by atoms with Crippen LogP contribution in [-0.2, 0) is 14.3 Å². The highest BCUT2D eigenvalue weighted by atomic mass is 16.5. The molecular formula is C30H31N3O4. The number of carbonyl (C=O) groups is 2. The van der Waals surface area contributed by atoms with Crippen LogP contribution in [0.3, 0.4) is 0 Å². The Labute approximate surface area is 216 Å². The Balaban J connectivity index is 1.67. The monoisotopic (exact) mass is 497 g/mol. The lowest BCUT2D eigenvalue weighted by Gasteiger charge is -2.38. The molecule has 5 rings (SSSR count). The Morgan fingerprint density at radius 2 is 1.70 bits per heavy atom. The minimum atomic E-state index is -1.05. The van der Waals surface area contributed by atoms with Gasteiger partial charge in [-0.1, -0.05) is 56.3 Å². The van der Waals surface area contributed by atoms with Crippen molar-refractivity contribution in [2.75, 3.05) is 18.1 Å². The van der Waals surface area contributed by atoms with Gasteiger partial charge in [-0.2, -0.15) is 0 Å². The molecule has 0 saturated carbocycles. The fraction of sp³-hybridized carbons (Fsp3) is 0.300. The molecule has 7 nitrogen and oxygen atoms in total. The number of fused-ring (bicyclic) bond motifs is 3. The predicted molar refractivity (Wildman–Crippen MR) is 143 cm³/mol. The second-order valence-electron chi connectivity index (χ2n) is 9.61. The number of ether oxygens (including phenoxy) is 2. The summed E-state index contributed by atoms with van der Waals surface area (Å²) in [5.74, 6) is 0.375. The fourth-order valence-corrected chi connectivity index (χ4v) is 4.83. The van der Waals surface area contributed by atoms with Gasteiger partial charge in [0.05, 0.1) is 23.7 Å². The number of esters is 1. The van der Waals surface area contributed by atoms with Crippen LogP contribution in [0.2, 0.25) is 0 Å². The summed E-state index contributed by atoms with van der Waals surface area (Å²) in [6.45, 7) is 6.64. The lowest BCUT2D eigenvalue weighted by Crippen LogP contribution is -2.50. The first-order chi connectivity index (χ1) is 18.0. The third-order valence-electron chi connectivity index (χ3n) is 6.59. The van der Waals surface area contributed by atoms with Gasteiger partial charge in [0, 0.05) is 6.54 Å². The van der Waals surface area contributed by atoms with Crippen LogP contribution in [0.15, 0.2) is 78.9 Å². The molecule has 190 valence electrons. The van der Waals surface area contributed by atoms with Crippen LogP contribution < -0.4 is 9.64 Å². The van der Waals surface area contributed by atoms with Crippen LogP contribution >= 0.6 is 0 Å². The molecule has 0 fully saturated rings. The number of benzene rings is 3. The van der Waals surface area contributed by atoms with E-state index in [2.05, 4.69) is 13.8 Å². The molecule has 0 saturated heterocycles. The van der Waals surface area contributed by atoms with Crippen LogP contribution in [0.5, 0.6) is 11.5 Å². The van der Waals surface area contributed by atoms with Gasteiger partial charge in [0.2, 0.25) is 11.9 Å². The van der Waals surface area contributed by atoms with Crippen molar-refractivity contribution in [3.8, 4) is 11.5 Å². The van der Waals surface area contributed by atoms with Gasteiger partial charge >= 0.3 is 5.97 Å². The van der Waals surface area contributed by atoms with Crippen molar-refractivity contribution in [1.29, 1.82) is 0 Å². The molecular weight excluding hydrogens is 466 g/mol. The number of para-hydroxylation sites is 3. The molecule has 0 radical (unpaired) electrons. The quantitative estimate of drug-likeness (QED) is 0.221. The van der Waals surface area contributed by atoms with E-state index in [9.17, 15) is 9.59 Å². The number of hydrogen-bond acceptors (Lipinski definition) is 5. The van der Waals surface area contributed by atoms with Crippen molar-refractivity contribution in [3.05, 3.63) is 84.4 Å². The summed E-state index contributed by atoms with van der Waals surface area (Å²) >= 11 is 0. The molecule has 3 aromatic carbocycles. The molecule has 2 atom stereocenters. The molecule has 2 heterocycles. The van der Waals surface area contributed by atoms with Gasteiger partial charge in [-0.25, -0.2) is 4.98 Å². The smallest absolute Gasteiger partial charge is 0.321 e. The molecule has 0 N–H and O–H groups in total. The van der Waals surface area contributed by atoms with E-state index in [1.54, 1.807) is 11.8 Å². The van der Waals surface area contributed by atoms with E-state index in [0.29, 0.717) is 29.9 Å². The van der Waals surface area contributed by atoms with Gasteiger partial charge < -0.3 is 14.0 Å². The molecule has 7 heteroatoms. The van der Waals surface area contributed by atoms with Crippen molar-refractivity contribution in [2.45, 2.75) is 33.2 Å². The van der Waals surface area contributed by atoms with E-state index in [1.807, 2.05) is 83.4 Å². The standard InChI is InChI=1S/C30H31N3O4/c1-4-36-29(35)26-27(21-11-10-14-23(19-21)37-22-12-6-5-7-13-22)33-25-16-9-8-15-24(25)31-30(33)32(28(26)34)18-17-20(2)3/h5-16,19-20,26-27H,4,17-18H2,1-3H3. The number of nitrogens with zero attached hydrogens (tertiary/aromatic N) is 3. The summed E-state index contributed by atoms with van der Waals surface area (Å²) in [5, 5.41) is 0. The van der Waals surface area contributed by atoms with Crippen molar-refractivity contribution < 1.29 is 19.1 Å². The highest BCUT2D eigenvalue weighted by Crippen LogP contribution is 2.42. The van der Waals surface area contributed by atoms with Crippen LogP contribution in [0.1, 0.15) is 38.8 Å². The average Bonchev–Trinajstić information content (AvgIpc) is 3.27. The van der Waals surface area contributed by atoms with Gasteiger partial charge in [-0.15, -0.1) is 0 Å². The number of carbonyl (C=O) groups excluding carboxylic acids is 2. The largest absolute Gasteiger partial charge is 0.465 e. The van der Waals surface area contributed by atoms with E-state index in [4.69, 9.17) is 14.5 Å². The maximum absolute atomic E-state index is 14.0. The van der Waals surface area contributed by atoms with E-state index in [-0.39, 0.29) is 12.5 Å². The molecule has 1 aliphatic heterocycles. The van der Waals surface area contributed by atoms with Crippen LogP contribution in [0, 0.1) is 11.8 Å². The number of aromatic nitrogens is 2. The SMILES string of the molecule is CCOC(=O)C1C(=O)N(CCC(C)C)c2nc3ccccc3n2C1c1cccc(Oc2ccccc2)c1. The third-order valence-corrected chi connectivity index (χ3v) is 6.59. The molecule has 37 heavy (non-hydrogen) atoms. The van der Waals surface area contributed by atoms with Crippen LogP contribution in [-0.4, -0.2) is 34.6 Å². The molecule has 0 spiro atoms. The van der Waals surface area contributed by atoms with Gasteiger partial charge in [0.1, 0.15) is 11.5 Å². The normalized spacial score (nSPS) is 17.2. The molecule has 1 aliphatic rings. The van der Waals surface area contributed by atoms with Gasteiger partial charge in [0.15, 0.2) is 5.92 Å². The highest BCUT2D eigenvalue weighted by molar-refractivity contribution is 6.08. The number of rotatable bonds is 8. The fourth-order valence-electron chi connectivity index (χ4n) is 4.83. The van der Waals surface area contributed by atoms with E-state index < -0.39 is 17.9 Å². The number of hydrogen-bond donors (Lipinski definition) is 0. The van der Waals surface area contributed by atoms with Crippen molar-refractivity contribution in [1.82, 2.24) is 9.55 Å². The van der Waals surface area contributed by atoms with Gasteiger partial charge in [-0.3, -0.25) is 14.5 Å². The summed E-state index contributed by atoms with van der Waals surface area (Å²) in [5.41, 5.74) is 2.40. The first kappa shape index (κ1) is 24.6. The molecule has 1 amide bonds. The van der Waals surface area contributed by atoms with Gasteiger partial charge in [-0.05, 0) is 61.2 Å². The Bertz CT molecular complexity index is 1410. The summed E-state index contributed by atoms with van der Waals surface area (Å²) in [6, 6.07) is 24.2. The first-order valence-electron chi connectivity index (χ1n) is 12.8. The zero-order chi connectivity index (χ0) is 25.9. The minimum Gasteiger partial charge on any atom is -0.465 e. The zero-order valence-corrected chi connectivity index (χ0v) is 21.3. The topological polar surface area (TPSA) is 73.7 Å². The predicted octanol–water partition coefficient (Wildman–Crippen LogP) is 5.99. The second kappa shape index (κ2) is 10.5. The van der Waals surface area contributed by atoms with E-state index >= 15 is 0 Å². The Hall–Kier alpha value is -4.13. The minimum absolute atomic E-state index is 0.190. The molecule has 2 unspecified atom stereocenters. The van der Waals surface area contributed by atoms with Crippen molar-refractivity contribution >= 4 is 28.9 Å². The zero-order valence-electron chi connectivity index (χ0n) is 21.3. The Kier molecular flexibility index (Phi) is 6.95. The Morgan fingerprint density at radius 1 is 0.973 bits per heavy atom. The summed E-state index contributed by atoms with van der Waals surface area (Å²) in [6.07, 6.45) is 0.787. The van der Waals surface area contributed by atoms with Gasteiger partial charge in [0.25, 0.3) is 0 Å². The number of imidazole rings is 1. The highest BCUT2D eigenvalue weighted by Gasteiger charge is 2.47. The summed E-state index contributed by atoms with van der Waals surface area (Å²) in [7, 11) is 0. The maximum atomic E-state index is 14.0. The lowest BCUT2D eigenvalue weighted by atomic mass is 9.89. The lowest BCUT2D eigenvalue weighted by molar-refractivity contribution is -0.153. The van der Waals surface area contributed by atoms with Crippen molar-refractivity contribution in [2.24, 2.45) is 11.8 Å². The molecule has 1 aromatic heterocycles. The summed E-state index contributed by atoms with van der Waals surface area (Å²) in [4.78, 5) is 33.9. The Morgan fingerprint density at radius 3 is 2.46 bits per heavy atom. The molecule has 0 aliphatic carbocycles. The number of anilines is 1. The first-order valence-corrected chi connectivity index (χ1v) is 12.8. The second-order valence-corrected chi connectivity index (χ2v) is 9.61. The maximum Gasteiger partial charge on any atom is 0.321 e. The average molecular weight is 498 g/mol. The third kappa shape index (κ3) is 4.81. The van der Waals surface area contributed by atoms with E-state index in [1.165, 1.54) is 0 Å². The summed E-state index contributed by atoms with van der Waals surface area (Å²) < 4.78 is 13.6.